The van der Waals surface area contributed by atoms with Crippen molar-refractivity contribution < 1.29 is 9.47 Å². The SMILES string of the molecule is CNC(c1ccc(OC)cc1OC)c1ncccc1Br. The fourth-order valence-electron chi connectivity index (χ4n) is 2.11. The van der Waals surface area contributed by atoms with E-state index < -0.39 is 0 Å². The molecule has 106 valence electrons. The van der Waals surface area contributed by atoms with E-state index in [0.717, 1.165) is 27.2 Å². The molecule has 1 N–H and O–H groups in total. The Balaban J connectivity index is 2.49. The van der Waals surface area contributed by atoms with E-state index in [0.29, 0.717) is 0 Å². The van der Waals surface area contributed by atoms with Gasteiger partial charge in [-0.25, -0.2) is 0 Å². The third-order valence-corrected chi connectivity index (χ3v) is 3.77. The molecule has 0 bridgehead atoms. The highest BCUT2D eigenvalue weighted by atomic mass is 79.9. The molecular weight excluding hydrogens is 320 g/mol. The van der Waals surface area contributed by atoms with Crippen molar-refractivity contribution in [1.82, 2.24) is 10.3 Å². The molecule has 1 atom stereocenters. The summed E-state index contributed by atoms with van der Waals surface area (Å²) < 4.78 is 11.7. The topological polar surface area (TPSA) is 43.4 Å². The summed E-state index contributed by atoms with van der Waals surface area (Å²) in [5.41, 5.74) is 1.92. The van der Waals surface area contributed by atoms with E-state index in [2.05, 4.69) is 26.2 Å². The van der Waals surface area contributed by atoms with E-state index in [4.69, 9.17) is 9.47 Å². The van der Waals surface area contributed by atoms with Gasteiger partial charge in [-0.2, -0.15) is 0 Å². The van der Waals surface area contributed by atoms with Crippen molar-refractivity contribution in [2.75, 3.05) is 21.3 Å². The predicted octanol–water partition coefficient (Wildman–Crippen LogP) is 3.17. The maximum atomic E-state index is 5.47. The van der Waals surface area contributed by atoms with E-state index in [1.54, 1.807) is 20.4 Å². The van der Waals surface area contributed by atoms with Crippen LogP contribution in [0.2, 0.25) is 0 Å². The summed E-state index contributed by atoms with van der Waals surface area (Å²) in [5.74, 6) is 1.53. The number of nitrogens with zero attached hydrogens (tertiary/aromatic N) is 1. The standard InChI is InChI=1S/C15H17BrN2O2/c1-17-14(15-12(16)5-4-8-18-15)11-7-6-10(19-2)9-13(11)20-3/h4-9,14,17H,1-3H3. The van der Waals surface area contributed by atoms with Crippen LogP contribution in [0.1, 0.15) is 17.3 Å². The smallest absolute Gasteiger partial charge is 0.127 e. The average molecular weight is 337 g/mol. The zero-order chi connectivity index (χ0) is 14.5. The van der Waals surface area contributed by atoms with Gasteiger partial charge >= 0.3 is 0 Å². The fraction of sp³-hybridized carbons (Fsp3) is 0.267. The van der Waals surface area contributed by atoms with Crippen LogP contribution in [0.5, 0.6) is 11.5 Å². The lowest BCUT2D eigenvalue weighted by molar-refractivity contribution is 0.388. The Labute approximate surface area is 127 Å². The minimum absolute atomic E-state index is 0.0635. The number of halogens is 1. The van der Waals surface area contributed by atoms with Crippen molar-refractivity contribution in [3.8, 4) is 11.5 Å². The van der Waals surface area contributed by atoms with Crippen LogP contribution >= 0.6 is 15.9 Å². The van der Waals surface area contributed by atoms with Crippen molar-refractivity contribution in [2.45, 2.75) is 6.04 Å². The zero-order valence-corrected chi connectivity index (χ0v) is 13.3. The van der Waals surface area contributed by atoms with Crippen LogP contribution in [-0.4, -0.2) is 26.3 Å². The van der Waals surface area contributed by atoms with Crippen LogP contribution < -0.4 is 14.8 Å². The second kappa shape index (κ2) is 6.72. The molecule has 0 radical (unpaired) electrons. The maximum Gasteiger partial charge on any atom is 0.127 e. The molecule has 1 aromatic heterocycles. The summed E-state index contributed by atoms with van der Waals surface area (Å²) in [7, 11) is 5.19. The summed E-state index contributed by atoms with van der Waals surface area (Å²) in [4.78, 5) is 4.45. The van der Waals surface area contributed by atoms with Crippen molar-refractivity contribution >= 4 is 15.9 Å². The van der Waals surface area contributed by atoms with E-state index >= 15 is 0 Å². The van der Waals surface area contributed by atoms with Crippen LogP contribution in [0, 0.1) is 0 Å². The Hall–Kier alpha value is -1.59. The van der Waals surface area contributed by atoms with Gasteiger partial charge in [-0.3, -0.25) is 4.98 Å². The molecule has 5 heteroatoms. The van der Waals surface area contributed by atoms with E-state index in [9.17, 15) is 0 Å². The quantitative estimate of drug-likeness (QED) is 0.910. The summed E-state index contributed by atoms with van der Waals surface area (Å²) in [6.45, 7) is 0. The number of hydrogen-bond acceptors (Lipinski definition) is 4. The van der Waals surface area contributed by atoms with Crippen molar-refractivity contribution in [3.05, 3.63) is 52.3 Å². The van der Waals surface area contributed by atoms with Crippen LogP contribution in [0.4, 0.5) is 0 Å². The Morgan fingerprint density at radius 1 is 1.20 bits per heavy atom. The lowest BCUT2D eigenvalue weighted by Gasteiger charge is -2.20. The first-order valence-electron chi connectivity index (χ1n) is 6.20. The minimum Gasteiger partial charge on any atom is -0.497 e. The second-order valence-corrected chi connectivity index (χ2v) is 5.05. The average Bonchev–Trinajstić information content (AvgIpc) is 2.50. The first-order chi connectivity index (χ1) is 9.71. The lowest BCUT2D eigenvalue weighted by Crippen LogP contribution is -2.20. The lowest BCUT2D eigenvalue weighted by atomic mass is 10.0. The van der Waals surface area contributed by atoms with Crippen LogP contribution in [0.25, 0.3) is 0 Å². The number of hydrogen-bond donors (Lipinski definition) is 1. The van der Waals surface area contributed by atoms with Gasteiger partial charge in [0.15, 0.2) is 0 Å². The Morgan fingerprint density at radius 3 is 2.60 bits per heavy atom. The molecule has 0 saturated heterocycles. The van der Waals surface area contributed by atoms with Gasteiger partial charge in [0.2, 0.25) is 0 Å². The van der Waals surface area contributed by atoms with Gasteiger partial charge in [0, 0.05) is 22.3 Å². The van der Waals surface area contributed by atoms with Crippen molar-refractivity contribution in [3.63, 3.8) is 0 Å². The van der Waals surface area contributed by atoms with Crippen LogP contribution in [0.15, 0.2) is 41.0 Å². The minimum atomic E-state index is -0.0635. The molecule has 0 amide bonds. The summed E-state index contributed by atoms with van der Waals surface area (Å²) in [6.07, 6.45) is 1.78. The first-order valence-corrected chi connectivity index (χ1v) is 7.00. The molecule has 0 saturated carbocycles. The number of pyridine rings is 1. The highest BCUT2D eigenvalue weighted by Crippen LogP contribution is 2.34. The zero-order valence-electron chi connectivity index (χ0n) is 11.7. The Morgan fingerprint density at radius 2 is 2.00 bits per heavy atom. The Bertz CT molecular complexity index is 590. The number of nitrogens with one attached hydrogen (secondary N) is 1. The molecule has 0 aliphatic heterocycles. The molecule has 1 aromatic carbocycles. The third kappa shape index (κ3) is 2.94. The van der Waals surface area contributed by atoms with Gasteiger partial charge in [0.25, 0.3) is 0 Å². The number of ether oxygens (including phenoxy) is 2. The van der Waals surface area contributed by atoms with Gasteiger partial charge < -0.3 is 14.8 Å². The third-order valence-electron chi connectivity index (χ3n) is 3.10. The molecule has 2 rings (SSSR count). The van der Waals surface area contributed by atoms with Gasteiger partial charge in [0.1, 0.15) is 11.5 Å². The molecule has 1 unspecified atom stereocenters. The van der Waals surface area contributed by atoms with Crippen molar-refractivity contribution in [2.24, 2.45) is 0 Å². The van der Waals surface area contributed by atoms with E-state index in [1.807, 2.05) is 37.4 Å². The highest BCUT2D eigenvalue weighted by molar-refractivity contribution is 9.10. The molecule has 4 nitrogen and oxygen atoms in total. The number of benzene rings is 1. The van der Waals surface area contributed by atoms with Crippen LogP contribution in [0.3, 0.4) is 0 Å². The number of rotatable bonds is 5. The summed E-state index contributed by atoms with van der Waals surface area (Å²) >= 11 is 3.54. The predicted molar refractivity (Wildman–Crippen MR) is 82.4 cm³/mol. The van der Waals surface area contributed by atoms with Gasteiger partial charge in [-0.15, -0.1) is 0 Å². The van der Waals surface area contributed by atoms with E-state index in [-0.39, 0.29) is 6.04 Å². The molecule has 20 heavy (non-hydrogen) atoms. The van der Waals surface area contributed by atoms with Crippen LogP contribution in [-0.2, 0) is 0 Å². The molecule has 1 heterocycles. The highest BCUT2D eigenvalue weighted by Gasteiger charge is 2.20. The monoisotopic (exact) mass is 336 g/mol. The summed E-state index contributed by atoms with van der Waals surface area (Å²) in [6, 6.07) is 9.58. The largest absolute Gasteiger partial charge is 0.497 e. The normalized spacial score (nSPS) is 12.0. The molecule has 2 aromatic rings. The second-order valence-electron chi connectivity index (χ2n) is 4.20. The summed E-state index contributed by atoms with van der Waals surface area (Å²) in [5, 5.41) is 3.27. The van der Waals surface area contributed by atoms with E-state index in [1.165, 1.54) is 0 Å². The molecule has 0 aliphatic rings. The number of methoxy groups -OCH3 is 2. The first kappa shape index (κ1) is 14.8. The van der Waals surface area contributed by atoms with Gasteiger partial charge in [0.05, 0.1) is 26.0 Å². The molecule has 0 fully saturated rings. The maximum absolute atomic E-state index is 5.47. The molecular formula is C15H17BrN2O2. The molecule has 0 aliphatic carbocycles. The van der Waals surface area contributed by atoms with Gasteiger partial charge in [-0.05, 0) is 47.2 Å². The van der Waals surface area contributed by atoms with Gasteiger partial charge in [-0.1, -0.05) is 0 Å². The fourth-order valence-corrected chi connectivity index (χ4v) is 2.59. The molecule has 0 spiro atoms. The van der Waals surface area contributed by atoms with Crippen molar-refractivity contribution in [1.29, 1.82) is 0 Å². The number of aromatic nitrogens is 1. The Kier molecular flexibility index (Phi) is 4.98.